The van der Waals surface area contributed by atoms with Gasteiger partial charge in [0.15, 0.2) is 6.29 Å². The molecule has 1 rings (SSSR count). The van der Waals surface area contributed by atoms with Crippen molar-refractivity contribution in [2.75, 3.05) is 13.2 Å². The van der Waals surface area contributed by atoms with E-state index in [1.165, 1.54) is 302 Å². The lowest BCUT2D eigenvalue weighted by molar-refractivity contribution is -0.303. The molecule has 0 saturated carbocycles. The summed E-state index contributed by atoms with van der Waals surface area (Å²) in [5.41, 5.74) is 0. The van der Waals surface area contributed by atoms with Gasteiger partial charge in [0.1, 0.15) is 36.6 Å². The second-order valence-electron chi connectivity index (χ2n) is 26.0. The first kappa shape index (κ1) is 79.9. The zero-order chi connectivity index (χ0) is 60.3. The normalized spacial score (nSPS) is 19.0. The molecule has 0 aromatic heterocycles. The molecule has 83 heavy (non-hydrogen) atoms. The summed E-state index contributed by atoms with van der Waals surface area (Å²) in [6.07, 6.45) is 64.5. The SMILES string of the molecule is CCCCCCCCCCCCCCCCCCCCCCCCCC/C=C/CCCC(O)C(O)C(COC1OC(CO)C(O)C(O)C1O)NC(=O)C(O)CCCCCCCCCCCCCCCCCCCCCCCCCCCCC. The van der Waals surface area contributed by atoms with Crippen molar-refractivity contribution in [1.29, 1.82) is 0 Å². The molecule has 0 aromatic carbocycles. The molecule has 11 heteroatoms. The fraction of sp³-hybridized carbons (Fsp3) is 0.958. The Morgan fingerprint density at radius 2 is 0.711 bits per heavy atom. The number of ether oxygens (including phenoxy) is 2. The number of aliphatic hydroxyl groups is 7. The smallest absolute Gasteiger partial charge is 0.249 e. The highest BCUT2D eigenvalue weighted by Crippen LogP contribution is 2.24. The van der Waals surface area contributed by atoms with Crippen LogP contribution in [0, 0.1) is 0 Å². The van der Waals surface area contributed by atoms with Crippen molar-refractivity contribution in [3.63, 3.8) is 0 Å². The summed E-state index contributed by atoms with van der Waals surface area (Å²) in [6.45, 7) is 3.51. The summed E-state index contributed by atoms with van der Waals surface area (Å²) in [4.78, 5) is 13.3. The molecule has 0 bridgehead atoms. The van der Waals surface area contributed by atoms with Crippen LogP contribution in [0.5, 0.6) is 0 Å². The Morgan fingerprint density at radius 3 is 1.04 bits per heavy atom. The maximum atomic E-state index is 13.3. The Balaban J connectivity index is 2.19. The van der Waals surface area contributed by atoms with Gasteiger partial charge in [-0.25, -0.2) is 0 Å². The summed E-state index contributed by atoms with van der Waals surface area (Å²) < 4.78 is 11.2. The molecule has 9 unspecified atom stereocenters. The fourth-order valence-corrected chi connectivity index (χ4v) is 12.2. The third-order valence-electron chi connectivity index (χ3n) is 18.1. The molecule has 1 saturated heterocycles. The lowest BCUT2D eigenvalue weighted by atomic mass is 9.98. The summed E-state index contributed by atoms with van der Waals surface area (Å²) >= 11 is 0. The van der Waals surface area contributed by atoms with E-state index >= 15 is 0 Å². The number of rotatable bonds is 65. The second-order valence-corrected chi connectivity index (χ2v) is 26.0. The summed E-state index contributed by atoms with van der Waals surface area (Å²) in [7, 11) is 0. The van der Waals surface area contributed by atoms with Gasteiger partial charge in [-0.05, 0) is 38.5 Å². The average molecular weight is 1180 g/mol. The predicted molar refractivity (Wildman–Crippen MR) is 349 cm³/mol. The van der Waals surface area contributed by atoms with Crippen LogP contribution < -0.4 is 5.32 Å². The average Bonchev–Trinajstić information content (AvgIpc) is 3.68. The van der Waals surface area contributed by atoms with Crippen molar-refractivity contribution in [3.05, 3.63) is 12.2 Å². The zero-order valence-electron chi connectivity index (χ0n) is 54.7. The van der Waals surface area contributed by atoms with Crippen molar-refractivity contribution in [2.24, 2.45) is 0 Å². The van der Waals surface area contributed by atoms with Crippen LogP contribution in [-0.2, 0) is 14.3 Å². The van der Waals surface area contributed by atoms with Crippen molar-refractivity contribution in [2.45, 2.75) is 428 Å². The standard InChI is InChI=1S/C72H141NO10/c1-3-5-7-9-11-13-15-17-19-21-23-25-27-29-31-32-34-35-37-39-41-43-45-47-49-51-53-55-57-59-64(75)67(77)63(62-82-72-70(80)69(79)68(78)66(61-74)83-72)73-71(81)65(76)60-58-56-54-52-50-48-46-44-42-40-38-36-33-30-28-26-24-22-20-18-16-14-12-10-8-6-4-2/h51,53,63-70,72,74-80H,3-50,52,54-62H2,1-2H3,(H,73,81)/b53-51+. The van der Waals surface area contributed by atoms with E-state index in [1.807, 2.05) is 0 Å². The lowest BCUT2D eigenvalue weighted by Gasteiger charge is -2.40. The number of carbonyl (C=O) groups is 1. The molecule has 1 heterocycles. The van der Waals surface area contributed by atoms with E-state index in [4.69, 9.17) is 9.47 Å². The van der Waals surface area contributed by atoms with Crippen molar-refractivity contribution in [1.82, 2.24) is 5.32 Å². The molecular formula is C72H141NO10. The maximum absolute atomic E-state index is 13.3. The molecule has 8 N–H and O–H groups in total. The Morgan fingerprint density at radius 1 is 0.410 bits per heavy atom. The van der Waals surface area contributed by atoms with Crippen LogP contribution in [-0.4, -0.2) is 110 Å². The number of hydrogen-bond acceptors (Lipinski definition) is 10. The van der Waals surface area contributed by atoms with Crippen LogP contribution in [0.25, 0.3) is 0 Å². The number of allylic oxidation sites excluding steroid dienone is 2. The van der Waals surface area contributed by atoms with Crippen LogP contribution in [0.15, 0.2) is 12.2 Å². The minimum Gasteiger partial charge on any atom is -0.394 e. The van der Waals surface area contributed by atoms with Crippen molar-refractivity contribution in [3.8, 4) is 0 Å². The van der Waals surface area contributed by atoms with Gasteiger partial charge in [0.05, 0.1) is 25.4 Å². The molecule has 0 aromatic rings. The van der Waals surface area contributed by atoms with Gasteiger partial charge in [-0.1, -0.05) is 347 Å². The molecule has 1 fully saturated rings. The molecule has 9 atom stereocenters. The Bertz CT molecular complexity index is 1350. The van der Waals surface area contributed by atoms with Gasteiger partial charge >= 0.3 is 0 Å². The number of unbranched alkanes of at least 4 members (excludes halogenated alkanes) is 51. The van der Waals surface area contributed by atoms with Gasteiger partial charge in [0, 0.05) is 0 Å². The second kappa shape index (κ2) is 61.1. The predicted octanol–water partition coefficient (Wildman–Crippen LogP) is 17.8. The van der Waals surface area contributed by atoms with Gasteiger partial charge in [0.25, 0.3) is 0 Å². The Kier molecular flexibility index (Phi) is 58.8. The first-order chi connectivity index (χ1) is 40.7. The van der Waals surface area contributed by atoms with Gasteiger partial charge in [-0.3, -0.25) is 4.79 Å². The number of aliphatic hydroxyl groups excluding tert-OH is 7. The summed E-state index contributed by atoms with van der Waals surface area (Å²) in [5, 5.41) is 76.6. The largest absolute Gasteiger partial charge is 0.394 e. The highest BCUT2D eigenvalue weighted by molar-refractivity contribution is 5.80. The van der Waals surface area contributed by atoms with E-state index in [9.17, 15) is 40.5 Å². The molecule has 0 aliphatic carbocycles. The topological polar surface area (TPSA) is 189 Å². The van der Waals surface area contributed by atoms with Gasteiger partial charge < -0.3 is 50.5 Å². The monoisotopic (exact) mass is 1180 g/mol. The minimum atomic E-state index is -1.67. The molecule has 11 nitrogen and oxygen atoms in total. The van der Waals surface area contributed by atoms with E-state index in [2.05, 4.69) is 31.3 Å². The molecule has 1 aliphatic heterocycles. The van der Waals surface area contributed by atoms with Crippen LogP contribution in [0.1, 0.15) is 373 Å². The first-order valence-corrected chi connectivity index (χ1v) is 36.6. The Labute approximate surface area is 512 Å². The summed E-state index contributed by atoms with van der Waals surface area (Å²) in [6, 6.07) is -1.18. The van der Waals surface area contributed by atoms with Crippen LogP contribution in [0.2, 0.25) is 0 Å². The first-order valence-electron chi connectivity index (χ1n) is 36.6. The molecule has 1 aliphatic rings. The molecule has 0 spiro atoms. The van der Waals surface area contributed by atoms with E-state index < -0.39 is 74.2 Å². The van der Waals surface area contributed by atoms with E-state index in [1.54, 1.807) is 0 Å². The fourth-order valence-electron chi connectivity index (χ4n) is 12.2. The molecule has 1 amide bonds. The molecular weight excluding hydrogens is 1040 g/mol. The van der Waals surface area contributed by atoms with Gasteiger partial charge in [-0.2, -0.15) is 0 Å². The number of hydrogen-bond donors (Lipinski definition) is 8. The van der Waals surface area contributed by atoms with E-state index in [-0.39, 0.29) is 12.8 Å². The number of nitrogens with one attached hydrogen (secondary N) is 1. The minimum absolute atomic E-state index is 0.260. The van der Waals surface area contributed by atoms with E-state index in [0.29, 0.717) is 12.8 Å². The van der Waals surface area contributed by atoms with Gasteiger partial charge in [-0.15, -0.1) is 0 Å². The highest BCUT2D eigenvalue weighted by atomic mass is 16.7. The third-order valence-corrected chi connectivity index (χ3v) is 18.1. The quantitative estimate of drug-likeness (QED) is 0.0215. The molecule has 0 radical (unpaired) electrons. The van der Waals surface area contributed by atoms with E-state index in [0.717, 1.165) is 32.1 Å². The summed E-state index contributed by atoms with van der Waals surface area (Å²) in [5.74, 6) is -0.697. The van der Waals surface area contributed by atoms with Crippen LogP contribution >= 0.6 is 0 Å². The van der Waals surface area contributed by atoms with Crippen molar-refractivity contribution >= 4 is 5.91 Å². The molecule has 494 valence electrons. The third kappa shape index (κ3) is 48.5. The lowest BCUT2D eigenvalue weighted by Crippen LogP contribution is -2.60. The van der Waals surface area contributed by atoms with Crippen LogP contribution in [0.4, 0.5) is 0 Å². The van der Waals surface area contributed by atoms with Gasteiger partial charge in [0.2, 0.25) is 5.91 Å². The number of amides is 1. The maximum Gasteiger partial charge on any atom is 0.249 e. The Hall–Kier alpha value is -1.15. The zero-order valence-corrected chi connectivity index (χ0v) is 54.7. The van der Waals surface area contributed by atoms with Crippen molar-refractivity contribution < 1.29 is 50.0 Å². The number of carbonyl (C=O) groups excluding carboxylic acids is 1. The van der Waals surface area contributed by atoms with Crippen LogP contribution in [0.3, 0.4) is 0 Å². The highest BCUT2D eigenvalue weighted by Gasteiger charge is 2.44.